The van der Waals surface area contributed by atoms with Crippen molar-refractivity contribution in [3.8, 4) is 11.6 Å². The molecule has 0 fully saturated rings. The number of hydrogen-bond acceptors (Lipinski definition) is 8. The lowest BCUT2D eigenvalue weighted by Crippen LogP contribution is -2.37. The number of amides is 1. The summed E-state index contributed by atoms with van der Waals surface area (Å²) in [5.74, 6) is -1.35. The number of carbonyl (C=O) groups excluding carboxylic acids is 1. The molecule has 0 saturated carbocycles. The molecular weight excluding hydrogens is 621 g/mol. The Hall–Kier alpha value is -4.30. The van der Waals surface area contributed by atoms with Gasteiger partial charge < -0.3 is 29.0 Å². The van der Waals surface area contributed by atoms with Gasteiger partial charge in [-0.25, -0.2) is 14.6 Å². The fourth-order valence-corrected chi connectivity index (χ4v) is 4.59. The number of carboxylic acid groups (broad SMARTS) is 1. The van der Waals surface area contributed by atoms with Gasteiger partial charge in [-0.05, 0) is 63.4 Å². The van der Waals surface area contributed by atoms with E-state index in [4.69, 9.17) is 25.8 Å². The molecule has 2 aromatic carbocycles. The molecule has 2 heterocycles. The van der Waals surface area contributed by atoms with Crippen LogP contribution in [0.3, 0.4) is 0 Å². The number of fused-ring (bicyclic) bond motifs is 3. The maximum Gasteiger partial charge on any atom is 0.573 e. The van der Waals surface area contributed by atoms with E-state index in [-0.39, 0.29) is 36.2 Å². The largest absolute Gasteiger partial charge is 0.573 e. The molecule has 0 aliphatic heterocycles. The number of pyridine rings is 1. The molecule has 1 amide bonds. The minimum absolute atomic E-state index is 0.0595. The Morgan fingerprint density at radius 3 is 2.49 bits per heavy atom. The van der Waals surface area contributed by atoms with Gasteiger partial charge in [-0.3, -0.25) is 5.10 Å². The van der Waals surface area contributed by atoms with E-state index in [2.05, 4.69) is 19.9 Å². The van der Waals surface area contributed by atoms with Crippen molar-refractivity contribution in [3.63, 3.8) is 0 Å². The Kier molecular flexibility index (Phi) is 10.6. The van der Waals surface area contributed by atoms with Crippen LogP contribution in [0.1, 0.15) is 49.5 Å². The molecule has 11 nitrogen and oxygen atoms in total. The van der Waals surface area contributed by atoms with Crippen molar-refractivity contribution < 1.29 is 46.8 Å². The molecule has 0 saturated heterocycles. The van der Waals surface area contributed by atoms with Crippen LogP contribution in [0.25, 0.3) is 21.8 Å². The highest BCUT2D eigenvalue weighted by atomic mass is 35.5. The van der Waals surface area contributed by atoms with Crippen molar-refractivity contribution in [3.05, 3.63) is 58.7 Å². The van der Waals surface area contributed by atoms with Crippen molar-refractivity contribution >= 4 is 45.5 Å². The Morgan fingerprint density at radius 1 is 1.02 bits per heavy atom. The van der Waals surface area contributed by atoms with E-state index < -0.39 is 29.8 Å². The van der Waals surface area contributed by atoms with Crippen LogP contribution in [0.2, 0.25) is 5.02 Å². The van der Waals surface area contributed by atoms with Crippen molar-refractivity contribution in [2.45, 2.75) is 52.1 Å². The number of alkyl halides is 3. The minimum atomic E-state index is -4.88. The number of hydrogen-bond donors (Lipinski definition) is 2. The van der Waals surface area contributed by atoms with E-state index in [1.54, 1.807) is 33.0 Å². The summed E-state index contributed by atoms with van der Waals surface area (Å²) in [4.78, 5) is 30.1. The van der Waals surface area contributed by atoms with Crippen LogP contribution in [0.5, 0.6) is 11.6 Å². The third-order valence-corrected chi connectivity index (χ3v) is 6.58. The molecule has 45 heavy (non-hydrogen) atoms. The van der Waals surface area contributed by atoms with Gasteiger partial charge in [0.25, 0.3) is 0 Å². The molecule has 0 aliphatic carbocycles. The number of aromatic carboxylic acids is 1. The van der Waals surface area contributed by atoms with Crippen LogP contribution in [-0.4, -0.2) is 75.6 Å². The summed E-state index contributed by atoms with van der Waals surface area (Å²) in [5.41, 5.74) is 0.829. The van der Waals surface area contributed by atoms with Gasteiger partial charge in [0.2, 0.25) is 5.88 Å². The third-order valence-electron chi connectivity index (χ3n) is 6.28. The lowest BCUT2D eigenvalue weighted by molar-refractivity contribution is -0.274. The molecule has 4 rings (SSSR count). The highest BCUT2D eigenvalue weighted by Gasteiger charge is 2.32. The second kappa shape index (κ2) is 14.2. The number of unbranched alkanes of at least 4 members (excludes halogenated alkanes) is 1. The second-order valence-electron chi connectivity index (χ2n) is 11.0. The van der Waals surface area contributed by atoms with Gasteiger partial charge in [0.05, 0.1) is 22.7 Å². The summed E-state index contributed by atoms with van der Waals surface area (Å²) in [5, 5.41) is 17.5. The van der Waals surface area contributed by atoms with E-state index in [0.29, 0.717) is 42.6 Å². The van der Waals surface area contributed by atoms with Crippen LogP contribution >= 0.6 is 11.6 Å². The molecule has 0 unspecified atom stereocenters. The van der Waals surface area contributed by atoms with Gasteiger partial charge >= 0.3 is 18.4 Å². The zero-order valence-corrected chi connectivity index (χ0v) is 25.5. The smallest absolute Gasteiger partial charge is 0.478 e. The number of carboxylic acids is 1. The molecule has 242 valence electrons. The molecule has 0 aliphatic rings. The topological polar surface area (TPSA) is 136 Å². The highest BCUT2D eigenvalue weighted by Crippen LogP contribution is 2.32. The Morgan fingerprint density at radius 2 is 1.80 bits per heavy atom. The van der Waals surface area contributed by atoms with Gasteiger partial charge in [0.1, 0.15) is 18.0 Å². The van der Waals surface area contributed by atoms with Gasteiger partial charge in [-0.2, -0.15) is 5.10 Å². The highest BCUT2D eigenvalue weighted by molar-refractivity contribution is 6.32. The van der Waals surface area contributed by atoms with Crippen LogP contribution in [0.15, 0.2) is 42.6 Å². The first-order valence-corrected chi connectivity index (χ1v) is 14.3. The predicted molar refractivity (Wildman–Crippen MR) is 159 cm³/mol. The Labute approximate surface area is 261 Å². The lowest BCUT2D eigenvalue weighted by atomic mass is 10.1. The van der Waals surface area contributed by atoms with Crippen LogP contribution in [-0.2, 0) is 16.0 Å². The van der Waals surface area contributed by atoms with Gasteiger partial charge in [0, 0.05) is 36.7 Å². The van der Waals surface area contributed by atoms with Crippen molar-refractivity contribution in [1.82, 2.24) is 20.1 Å². The van der Waals surface area contributed by atoms with Gasteiger partial charge in [0.15, 0.2) is 5.52 Å². The van der Waals surface area contributed by atoms with Gasteiger partial charge in [-0.15, -0.1) is 13.2 Å². The fourth-order valence-electron chi connectivity index (χ4n) is 4.34. The number of nitrogens with one attached hydrogen (secondary N) is 1. The number of ether oxygens (including phenoxy) is 4. The first-order valence-electron chi connectivity index (χ1n) is 13.9. The molecule has 4 aromatic rings. The van der Waals surface area contributed by atoms with Gasteiger partial charge in [-0.1, -0.05) is 23.7 Å². The first kappa shape index (κ1) is 33.6. The summed E-state index contributed by atoms with van der Waals surface area (Å²) < 4.78 is 58.6. The van der Waals surface area contributed by atoms with Crippen LogP contribution in [0.4, 0.5) is 18.0 Å². The Bertz CT molecular complexity index is 1660. The van der Waals surface area contributed by atoms with E-state index in [1.807, 2.05) is 0 Å². The number of nitrogens with zero attached hydrogens (tertiary/aromatic N) is 3. The lowest BCUT2D eigenvalue weighted by Gasteiger charge is -2.27. The predicted octanol–water partition coefficient (Wildman–Crippen LogP) is 6.97. The van der Waals surface area contributed by atoms with E-state index in [9.17, 15) is 27.9 Å². The number of H-pyrrole nitrogens is 1. The van der Waals surface area contributed by atoms with Crippen LogP contribution in [0, 0.1) is 0 Å². The fraction of sp³-hybridized carbons (Fsp3) is 0.400. The summed E-state index contributed by atoms with van der Waals surface area (Å²) >= 11 is 5.98. The number of carbonyl (C=O) groups is 2. The number of halogens is 4. The van der Waals surface area contributed by atoms with Crippen molar-refractivity contribution in [2.75, 3.05) is 26.4 Å². The average molecular weight is 653 g/mol. The van der Waals surface area contributed by atoms with Crippen LogP contribution < -0.4 is 9.47 Å². The summed E-state index contributed by atoms with van der Waals surface area (Å²) in [7, 11) is 0. The second-order valence-corrected chi connectivity index (χ2v) is 11.4. The van der Waals surface area contributed by atoms with E-state index in [1.165, 1.54) is 29.2 Å². The van der Waals surface area contributed by atoms with Crippen molar-refractivity contribution in [1.29, 1.82) is 0 Å². The SMILES string of the molecule is CC(C)(C)OC(=O)N(CCCCOCCOc1nc2cc(C(=O)O)ccc2c2c[nH]nc12)Cc1ccc(OC(F)(F)F)c(Cl)c1. The standard InChI is InChI=1S/C30H32ClF3N4O7/c1-29(2,3)45-28(41)38(17-18-6-9-24(22(31)14-18)44-30(32,33)34)10-4-5-11-42-12-13-43-26-25-21(16-35-37-25)20-8-7-19(27(39)40)15-23(20)36-26/h6-9,14-16H,4-5,10-13,17H2,1-3H3,(H,35,37)(H,39,40). The Balaban J connectivity index is 1.27. The molecule has 0 bridgehead atoms. The normalized spacial score (nSPS) is 12.0. The third kappa shape index (κ3) is 9.59. The molecule has 0 radical (unpaired) electrons. The summed E-state index contributed by atoms with van der Waals surface area (Å²) in [6.07, 6.45) is -2.62. The minimum Gasteiger partial charge on any atom is -0.478 e. The quantitative estimate of drug-likeness (QED) is 0.147. The van der Waals surface area contributed by atoms with Crippen molar-refractivity contribution in [2.24, 2.45) is 0 Å². The monoisotopic (exact) mass is 652 g/mol. The maximum absolute atomic E-state index is 12.9. The zero-order valence-electron chi connectivity index (χ0n) is 24.7. The molecule has 0 atom stereocenters. The number of rotatable bonds is 13. The number of aromatic nitrogens is 3. The first-order chi connectivity index (χ1) is 21.2. The van der Waals surface area contributed by atoms with E-state index in [0.717, 1.165) is 16.8 Å². The molecule has 0 spiro atoms. The number of aromatic amines is 1. The summed E-state index contributed by atoms with van der Waals surface area (Å²) in [6.45, 7) is 6.32. The molecule has 2 aromatic heterocycles. The molecule has 15 heteroatoms. The molecular formula is C30H32ClF3N4O7. The zero-order chi connectivity index (χ0) is 32.8. The number of benzene rings is 2. The molecule has 2 N–H and O–H groups in total. The summed E-state index contributed by atoms with van der Waals surface area (Å²) in [6, 6.07) is 8.48. The average Bonchev–Trinajstić information content (AvgIpc) is 3.44. The maximum atomic E-state index is 12.9. The van der Waals surface area contributed by atoms with E-state index >= 15 is 0 Å².